The number of aliphatic hydroxyl groups is 4. The Kier molecular flexibility index (Phi) is 188. The minimum absolute atomic E-state index is 0. The molecular formula is C8H24GeO4+4. The quantitative estimate of drug-likeness (QED) is 0.445. The SMILES string of the molecule is CCO.CCO.CCO.CCO.[Ge+4]. The van der Waals surface area contributed by atoms with E-state index in [0.717, 1.165) is 0 Å². The van der Waals surface area contributed by atoms with Crippen LogP contribution in [0.2, 0.25) is 0 Å². The van der Waals surface area contributed by atoms with E-state index in [1.807, 2.05) is 0 Å². The molecule has 0 fully saturated rings. The first-order valence-electron chi connectivity index (χ1n) is 4.09. The molecule has 13 heavy (non-hydrogen) atoms. The van der Waals surface area contributed by atoms with Gasteiger partial charge in [0.15, 0.2) is 0 Å². The molecule has 0 aromatic carbocycles. The summed E-state index contributed by atoms with van der Waals surface area (Å²) in [5, 5.41) is 30.3. The van der Waals surface area contributed by atoms with Gasteiger partial charge in [0.1, 0.15) is 0 Å². The molecule has 0 unspecified atom stereocenters. The third kappa shape index (κ3) is 9110. The standard InChI is InChI=1S/4C2H6O.Ge/c4*1-2-3;/h4*3H,2H2,1H3;/q;;;;+4. The summed E-state index contributed by atoms with van der Waals surface area (Å²) in [6, 6.07) is 0. The van der Waals surface area contributed by atoms with Gasteiger partial charge in [-0.1, -0.05) is 0 Å². The first kappa shape index (κ1) is 29.2. The predicted octanol–water partition coefficient (Wildman–Crippen LogP) is -0.386. The number of aliphatic hydroxyl groups excluding tert-OH is 4. The molecule has 0 saturated carbocycles. The van der Waals surface area contributed by atoms with E-state index in [0.29, 0.717) is 0 Å². The van der Waals surface area contributed by atoms with E-state index in [1.54, 1.807) is 27.7 Å². The van der Waals surface area contributed by atoms with Crippen LogP contribution < -0.4 is 0 Å². The molecule has 4 N–H and O–H groups in total. The Morgan fingerprint density at radius 3 is 0.538 bits per heavy atom. The molecular weight excluding hydrogens is 233 g/mol. The largest absolute Gasteiger partial charge is 4.00 e. The van der Waals surface area contributed by atoms with Crippen LogP contribution in [-0.2, 0) is 0 Å². The first-order valence-corrected chi connectivity index (χ1v) is 4.09. The summed E-state index contributed by atoms with van der Waals surface area (Å²) in [5.41, 5.74) is 0. The van der Waals surface area contributed by atoms with Crippen molar-refractivity contribution >= 4 is 17.6 Å². The molecule has 0 aliphatic heterocycles. The molecule has 0 spiro atoms. The van der Waals surface area contributed by atoms with Crippen LogP contribution in [0, 0.1) is 0 Å². The van der Waals surface area contributed by atoms with Crippen LogP contribution >= 0.6 is 0 Å². The van der Waals surface area contributed by atoms with Crippen LogP contribution in [0.5, 0.6) is 0 Å². The second kappa shape index (κ2) is 83.5. The zero-order chi connectivity index (χ0) is 10.8. The van der Waals surface area contributed by atoms with Crippen molar-refractivity contribution in [2.45, 2.75) is 27.7 Å². The molecule has 5 heteroatoms. The summed E-state index contributed by atoms with van der Waals surface area (Å²) < 4.78 is 0. The van der Waals surface area contributed by atoms with Gasteiger partial charge in [-0.05, 0) is 27.7 Å². The normalized spacial score (nSPS) is 5.54. The van der Waals surface area contributed by atoms with Gasteiger partial charge in [-0.2, -0.15) is 0 Å². The molecule has 4 nitrogen and oxygen atoms in total. The third-order valence-corrected chi connectivity index (χ3v) is 0. The van der Waals surface area contributed by atoms with Crippen molar-refractivity contribution in [1.82, 2.24) is 0 Å². The van der Waals surface area contributed by atoms with Gasteiger partial charge >= 0.3 is 17.6 Å². The van der Waals surface area contributed by atoms with Crippen molar-refractivity contribution in [3.63, 3.8) is 0 Å². The van der Waals surface area contributed by atoms with Crippen molar-refractivity contribution in [3.05, 3.63) is 0 Å². The molecule has 0 rings (SSSR count). The van der Waals surface area contributed by atoms with Gasteiger partial charge in [0.05, 0.1) is 0 Å². The van der Waals surface area contributed by atoms with Crippen LogP contribution in [0.3, 0.4) is 0 Å². The summed E-state index contributed by atoms with van der Waals surface area (Å²) in [6.07, 6.45) is 0. The van der Waals surface area contributed by atoms with E-state index in [9.17, 15) is 0 Å². The van der Waals surface area contributed by atoms with Crippen LogP contribution in [0.4, 0.5) is 0 Å². The van der Waals surface area contributed by atoms with Crippen molar-refractivity contribution < 1.29 is 20.4 Å². The minimum Gasteiger partial charge on any atom is -0.397 e. The van der Waals surface area contributed by atoms with Gasteiger partial charge in [-0.15, -0.1) is 0 Å². The van der Waals surface area contributed by atoms with E-state index in [1.165, 1.54) is 0 Å². The summed E-state index contributed by atoms with van der Waals surface area (Å²) in [4.78, 5) is 0. The minimum atomic E-state index is 0. The van der Waals surface area contributed by atoms with Gasteiger partial charge < -0.3 is 20.4 Å². The second-order valence-electron chi connectivity index (χ2n) is 1.26. The Morgan fingerprint density at radius 1 is 0.538 bits per heavy atom. The van der Waals surface area contributed by atoms with Crippen molar-refractivity contribution in [1.29, 1.82) is 0 Å². The molecule has 0 saturated heterocycles. The van der Waals surface area contributed by atoms with Crippen LogP contribution in [0.1, 0.15) is 27.7 Å². The Bertz CT molecular complexity index is 24.1. The summed E-state index contributed by atoms with van der Waals surface area (Å²) in [6.45, 7) is 7.72. The van der Waals surface area contributed by atoms with E-state index in [-0.39, 0.29) is 44.0 Å². The predicted molar refractivity (Wildman–Crippen MR) is 56.8 cm³/mol. The smallest absolute Gasteiger partial charge is 0.397 e. The second-order valence-corrected chi connectivity index (χ2v) is 1.26. The molecule has 0 aliphatic rings. The fourth-order valence-corrected chi connectivity index (χ4v) is 0. The average Bonchev–Trinajstić information content (AvgIpc) is 1.92. The fourth-order valence-electron chi connectivity index (χ4n) is 0. The summed E-state index contributed by atoms with van der Waals surface area (Å²) in [5.74, 6) is 0. The first-order chi connectivity index (χ1) is 5.66. The average molecular weight is 257 g/mol. The molecule has 80 valence electrons. The van der Waals surface area contributed by atoms with Gasteiger partial charge in [0.25, 0.3) is 0 Å². The number of hydrogen-bond acceptors (Lipinski definition) is 4. The van der Waals surface area contributed by atoms with E-state index < -0.39 is 0 Å². The molecule has 0 bridgehead atoms. The van der Waals surface area contributed by atoms with E-state index >= 15 is 0 Å². The number of hydrogen-bond donors (Lipinski definition) is 4. The van der Waals surface area contributed by atoms with E-state index in [4.69, 9.17) is 20.4 Å². The molecule has 0 atom stereocenters. The topological polar surface area (TPSA) is 80.9 Å². The Morgan fingerprint density at radius 2 is 0.538 bits per heavy atom. The van der Waals surface area contributed by atoms with Crippen molar-refractivity contribution in [2.75, 3.05) is 26.4 Å². The molecule has 0 amide bonds. The van der Waals surface area contributed by atoms with Crippen molar-refractivity contribution in [3.8, 4) is 0 Å². The summed E-state index contributed by atoms with van der Waals surface area (Å²) >= 11 is 0. The molecule has 0 aromatic rings. The summed E-state index contributed by atoms with van der Waals surface area (Å²) in [7, 11) is 0. The van der Waals surface area contributed by atoms with Crippen LogP contribution in [-0.4, -0.2) is 64.5 Å². The molecule has 0 aliphatic carbocycles. The van der Waals surface area contributed by atoms with Crippen LogP contribution in [0.15, 0.2) is 0 Å². The maximum absolute atomic E-state index is 7.57. The van der Waals surface area contributed by atoms with E-state index in [2.05, 4.69) is 0 Å². The Balaban J connectivity index is -0.0000000213. The zero-order valence-corrected chi connectivity index (χ0v) is 11.2. The van der Waals surface area contributed by atoms with Gasteiger partial charge in [0, 0.05) is 26.4 Å². The zero-order valence-electron chi connectivity index (χ0n) is 9.12. The molecule has 0 heterocycles. The van der Waals surface area contributed by atoms with Crippen LogP contribution in [0.25, 0.3) is 0 Å². The van der Waals surface area contributed by atoms with Gasteiger partial charge in [0.2, 0.25) is 0 Å². The maximum Gasteiger partial charge on any atom is 4.00 e. The Hall–Kier alpha value is 0.383. The Labute approximate surface area is 92.6 Å². The monoisotopic (exact) mass is 258 g/mol. The molecule has 0 radical (unpaired) electrons. The van der Waals surface area contributed by atoms with Gasteiger partial charge in [-0.3, -0.25) is 0 Å². The van der Waals surface area contributed by atoms with Crippen molar-refractivity contribution in [2.24, 2.45) is 0 Å². The number of rotatable bonds is 0. The fraction of sp³-hybridized carbons (Fsp3) is 1.00. The third-order valence-electron chi connectivity index (χ3n) is 0. The van der Waals surface area contributed by atoms with Gasteiger partial charge in [-0.25, -0.2) is 0 Å². The molecule has 0 aromatic heterocycles. The maximum atomic E-state index is 7.57.